The lowest BCUT2D eigenvalue weighted by atomic mass is 10.1. The first-order chi connectivity index (χ1) is 17.6. The predicted octanol–water partition coefficient (Wildman–Crippen LogP) is 5.82. The lowest BCUT2D eigenvalue weighted by Crippen LogP contribution is -2.17. The number of benzene rings is 1. The zero-order chi connectivity index (χ0) is 24.6. The van der Waals surface area contributed by atoms with E-state index in [-0.39, 0.29) is 11.8 Å². The van der Waals surface area contributed by atoms with E-state index in [9.17, 15) is 4.79 Å². The van der Waals surface area contributed by atoms with Crippen molar-refractivity contribution in [2.24, 2.45) is 5.92 Å². The van der Waals surface area contributed by atoms with Gasteiger partial charge in [0, 0.05) is 40.3 Å². The first-order valence-electron chi connectivity index (χ1n) is 11.7. The van der Waals surface area contributed by atoms with Crippen LogP contribution in [-0.4, -0.2) is 36.0 Å². The maximum atomic E-state index is 12.1. The standard InChI is InChI=1S/C28H23N7O/c1-16(2)28(36)31-18-12-17(14-29-15-18)21-9-10-24-26(33-21)27(35-34-24)25-13-20-19(6-5-8-23(20)32-25)22-7-3-4-11-30-22/h3-16,32H,1-2H3,(H,31,36)(H,34,35). The number of aromatic nitrogens is 6. The molecule has 0 spiro atoms. The van der Waals surface area contributed by atoms with E-state index in [2.05, 4.69) is 42.6 Å². The van der Waals surface area contributed by atoms with Crippen molar-refractivity contribution in [3.8, 4) is 33.9 Å². The SMILES string of the molecule is CC(C)C(=O)Nc1cncc(-c2ccc3[nH]nc(-c4cc5c(-c6ccccn6)cccc5[nH]4)c3n2)c1. The van der Waals surface area contributed by atoms with E-state index in [1.165, 1.54) is 0 Å². The molecule has 1 amide bonds. The molecule has 8 nitrogen and oxygen atoms in total. The van der Waals surface area contributed by atoms with Gasteiger partial charge in [0.25, 0.3) is 0 Å². The molecule has 0 saturated heterocycles. The Morgan fingerprint density at radius 1 is 0.944 bits per heavy atom. The highest BCUT2D eigenvalue weighted by Crippen LogP contribution is 2.33. The molecule has 176 valence electrons. The van der Waals surface area contributed by atoms with E-state index < -0.39 is 0 Å². The van der Waals surface area contributed by atoms with Gasteiger partial charge in [-0.25, -0.2) is 4.98 Å². The Labute approximate surface area is 206 Å². The summed E-state index contributed by atoms with van der Waals surface area (Å²) in [5.41, 5.74) is 8.31. The van der Waals surface area contributed by atoms with E-state index in [1.54, 1.807) is 18.6 Å². The first kappa shape index (κ1) is 21.7. The van der Waals surface area contributed by atoms with Crippen molar-refractivity contribution in [2.75, 3.05) is 5.32 Å². The van der Waals surface area contributed by atoms with Crippen molar-refractivity contribution < 1.29 is 4.79 Å². The largest absolute Gasteiger partial charge is 0.353 e. The maximum absolute atomic E-state index is 12.1. The third-order valence-corrected chi connectivity index (χ3v) is 6.09. The van der Waals surface area contributed by atoms with E-state index in [1.807, 2.05) is 62.4 Å². The molecule has 3 N–H and O–H groups in total. The van der Waals surface area contributed by atoms with Gasteiger partial charge in [0.05, 0.1) is 34.5 Å². The molecule has 0 bridgehead atoms. The number of aromatic amines is 2. The van der Waals surface area contributed by atoms with Crippen LogP contribution in [0.25, 0.3) is 55.8 Å². The number of anilines is 1. The molecule has 6 rings (SSSR count). The molecular weight excluding hydrogens is 450 g/mol. The summed E-state index contributed by atoms with van der Waals surface area (Å²) in [7, 11) is 0. The van der Waals surface area contributed by atoms with Crippen molar-refractivity contribution in [3.63, 3.8) is 0 Å². The lowest BCUT2D eigenvalue weighted by molar-refractivity contribution is -0.118. The Morgan fingerprint density at radius 3 is 2.69 bits per heavy atom. The van der Waals surface area contributed by atoms with Crippen LogP contribution in [0.4, 0.5) is 5.69 Å². The van der Waals surface area contributed by atoms with Gasteiger partial charge in [0.15, 0.2) is 0 Å². The van der Waals surface area contributed by atoms with Crippen molar-refractivity contribution in [1.29, 1.82) is 0 Å². The molecule has 6 aromatic rings. The lowest BCUT2D eigenvalue weighted by Gasteiger charge is -2.08. The molecule has 0 unspecified atom stereocenters. The van der Waals surface area contributed by atoms with Crippen molar-refractivity contribution in [2.45, 2.75) is 13.8 Å². The van der Waals surface area contributed by atoms with Crippen LogP contribution in [0.1, 0.15) is 13.8 Å². The highest BCUT2D eigenvalue weighted by molar-refractivity contribution is 6.00. The highest BCUT2D eigenvalue weighted by atomic mass is 16.1. The topological polar surface area (TPSA) is 112 Å². The summed E-state index contributed by atoms with van der Waals surface area (Å²) in [6, 6.07) is 19.9. The third kappa shape index (κ3) is 3.88. The van der Waals surface area contributed by atoms with Crippen molar-refractivity contribution in [1.82, 2.24) is 30.1 Å². The molecule has 0 atom stereocenters. The predicted molar refractivity (Wildman–Crippen MR) is 141 cm³/mol. The van der Waals surface area contributed by atoms with Crippen LogP contribution in [0.15, 0.2) is 79.3 Å². The minimum Gasteiger partial charge on any atom is -0.353 e. The van der Waals surface area contributed by atoms with E-state index in [0.29, 0.717) is 5.69 Å². The molecule has 0 radical (unpaired) electrons. The van der Waals surface area contributed by atoms with Gasteiger partial charge in [0.2, 0.25) is 5.91 Å². The molecule has 8 heteroatoms. The molecule has 0 saturated carbocycles. The van der Waals surface area contributed by atoms with Gasteiger partial charge in [-0.2, -0.15) is 5.10 Å². The Kier molecular flexibility index (Phi) is 5.26. The summed E-state index contributed by atoms with van der Waals surface area (Å²) in [6.07, 6.45) is 5.17. The van der Waals surface area contributed by atoms with Gasteiger partial charge in [-0.05, 0) is 42.5 Å². The summed E-state index contributed by atoms with van der Waals surface area (Å²) >= 11 is 0. The minimum atomic E-state index is -0.119. The zero-order valence-corrected chi connectivity index (χ0v) is 19.8. The number of pyridine rings is 3. The molecule has 0 aliphatic heterocycles. The minimum absolute atomic E-state index is 0.0571. The van der Waals surface area contributed by atoms with Crippen LogP contribution in [0.3, 0.4) is 0 Å². The maximum Gasteiger partial charge on any atom is 0.226 e. The fraction of sp³-hybridized carbons (Fsp3) is 0.107. The number of fused-ring (bicyclic) bond motifs is 2. The number of carbonyl (C=O) groups is 1. The number of nitrogens with zero attached hydrogens (tertiary/aromatic N) is 4. The van der Waals surface area contributed by atoms with Crippen LogP contribution in [-0.2, 0) is 4.79 Å². The van der Waals surface area contributed by atoms with Crippen LogP contribution in [0.5, 0.6) is 0 Å². The Bertz CT molecular complexity index is 1720. The van der Waals surface area contributed by atoms with Crippen LogP contribution in [0, 0.1) is 5.92 Å². The number of carbonyl (C=O) groups excluding carboxylic acids is 1. The van der Waals surface area contributed by atoms with E-state index >= 15 is 0 Å². The second-order valence-electron chi connectivity index (χ2n) is 8.94. The van der Waals surface area contributed by atoms with Crippen molar-refractivity contribution in [3.05, 3.63) is 79.3 Å². The molecule has 0 fully saturated rings. The van der Waals surface area contributed by atoms with Gasteiger partial charge in [0.1, 0.15) is 11.2 Å². The van der Waals surface area contributed by atoms with E-state index in [0.717, 1.165) is 55.8 Å². The van der Waals surface area contributed by atoms with E-state index in [4.69, 9.17) is 4.98 Å². The second-order valence-corrected chi connectivity index (χ2v) is 8.94. The second kappa shape index (κ2) is 8.74. The quantitative estimate of drug-likeness (QED) is 0.292. The van der Waals surface area contributed by atoms with Crippen molar-refractivity contribution >= 4 is 33.5 Å². The Hall–Kier alpha value is -4.85. The molecule has 0 aliphatic carbocycles. The Morgan fingerprint density at radius 2 is 1.86 bits per heavy atom. The normalized spacial score (nSPS) is 11.4. The van der Waals surface area contributed by atoms with Crippen LogP contribution in [0.2, 0.25) is 0 Å². The zero-order valence-electron chi connectivity index (χ0n) is 19.8. The molecule has 36 heavy (non-hydrogen) atoms. The molecule has 5 aromatic heterocycles. The van der Waals surface area contributed by atoms with Gasteiger partial charge >= 0.3 is 0 Å². The van der Waals surface area contributed by atoms with Gasteiger partial charge in [-0.15, -0.1) is 0 Å². The summed E-state index contributed by atoms with van der Waals surface area (Å²) in [4.78, 5) is 29.3. The highest BCUT2D eigenvalue weighted by Gasteiger charge is 2.16. The van der Waals surface area contributed by atoms with Crippen LogP contribution < -0.4 is 5.32 Å². The number of nitrogens with one attached hydrogen (secondary N) is 3. The number of amides is 1. The number of hydrogen-bond donors (Lipinski definition) is 3. The fourth-order valence-corrected chi connectivity index (χ4v) is 4.21. The average Bonchev–Trinajstić information content (AvgIpc) is 3.53. The molecule has 1 aromatic carbocycles. The third-order valence-electron chi connectivity index (χ3n) is 6.09. The number of hydrogen-bond acceptors (Lipinski definition) is 5. The number of H-pyrrole nitrogens is 2. The smallest absolute Gasteiger partial charge is 0.226 e. The van der Waals surface area contributed by atoms with Gasteiger partial charge in [-0.3, -0.25) is 19.9 Å². The van der Waals surface area contributed by atoms with Gasteiger partial charge < -0.3 is 10.3 Å². The monoisotopic (exact) mass is 473 g/mol. The van der Waals surface area contributed by atoms with Crippen LogP contribution >= 0.6 is 0 Å². The summed E-state index contributed by atoms with van der Waals surface area (Å²) < 4.78 is 0. The van der Waals surface area contributed by atoms with Gasteiger partial charge in [-0.1, -0.05) is 32.0 Å². The molecular formula is C28H23N7O. The Balaban J connectivity index is 1.41. The summed E-state index contributed by atoms with van der Waals surface area (Å²) in [5.74, 6) is -0.176. The number of rotatable bonds is 5. The molecule has 0 aliphatic rings. The summed E-state index contributed by atoms with van der Waals surface area (Å²) in [5, 5.41) is 11.6. The average molecular weight is 474 g/mol. The summed E-state index contributed by atoms with van der Waals surface area (Å²) in [6.45, 7) is 3.71. The fourth-order valence-electron chi connectivity index (χ4n) is 4.21. The molecule has 5 heterocycles. The first-order valence-corrected chi connectivity index (χ1v) is 11.7.